The Morgan fingerprint density at radius 2 is 1.96 bits per heavy atom. The lowest BCUT2D eigenvalue weighted by Crippen LogP contribution is -2.45. The fourth-order valence-corrected chi connectivity index (χ4v) is 3.05. The van der Waals surface area contributed by atoms with Crippen LogP contribution < -0.4 is 10.1 Å². The first kappa shape index (κ1) is 17.7. The maximum atomic E-state index is 13.0. The number of anilines is 1. The number of rotatable bonds is 6. The molecule has 5 nitrogen and oxygen atoms in total. The molecule has 1 aromatic heterocycles. The average Bonchev–Trinajstić information content (AvgIpc) is 2.81. The van der Waals surface area contributed by atoms with Gasteiger partial charge in [-0.2, -0.15) is 0 Å². The summed E-state index contributed by atoms with van der Waals surface area (Å²) >= 11 is 0. The van der Waals surface area contributed by atoms with Crippen molar-refractivity contribution in [1.82, 2.24) is 4.98 Å². The normalized spacial score (nSPS) is 17.3. The SMILES string of the molecule is CCCOC1(C(=O)Nc2ccc(OC)nc2C)CCCCCC1. The molecular weight excluding hydrogens is 292 g/mol. The van der Waals surface area contributed by atoms with Gasteiger partial charge in [-0.15, -0.1) is 0 Å². The molecule has 5 heteroatoms. The first-order chi connectivity index (χ1) is 11.1. The molecule has 1 saturated carbocycles. The van der Waals surface area contributed by atoms with Gasteiger partial charge in [0.05, 0.1) is 18.5 Å². The zero-order valence-electron chi connectivity index (χ0n) is 14.5. The number of hydrogen-bond donors (Lipinski definition) is 1. The van der Waals surface area contributed by atoms with E-state index in [0.29, 0.717) is 12.5 Å². The second-order valence-electron chi connectivity index (χ2n) is 6.20. The van der Waals surface area contributed by atoms with Gasteiger partial charge in [0.25, 0.3) is 5.91 Å². The fourth-order valence-electron chi connectivity index (χ4n) is 3.05. The topological polar surface area (TPSA) is 60.5 Å². The number of nitrogens with zero attached hydrogens (tertiary/aromatic N) is 1. The van der Waals surface area contributed by atoms with Gasteiger partial charge >= 0.3 is 0 Å². The molecule has 0 aromatic carbocycles. The van der Waals surface area contributed by atoms with Gasteiger partial charge < -0.3 is 14.8 Å². The molecule has 0 aliphatic heterocycles. The van der Waals surface area contributed by atoms with E-state index in [2.05, 4.69) is 17.2 Å². The minimum Gasteiger partial charge on any atom is -0.481 e. The quantitative estimate of drug-likeness (QED) is 0.809. The molecule has 1 heterocycles. The summed E-state index contributed by atoms with van der Waals surface area (Å²) in [4.78, 5) is 17.3. The number of aromatic nitrogens is 1. The molecule has 128 valence electrons. The maximum Gasteiger partial charge on any atom is 0.256 e. The molecule has 0 atom stereocenters. The van der Waals surface area contributed by atoms with Crippen LogP contribution in [0.1, 0.15) is 57.6 Å². The predicted octanol–water partition coefficient (Wildman–Crippen LogP) is 3.86. The van der Waals surface area contributed by atoms with Gasteiger partial charge in [-0.1, -0.05) is 32.6 Å². The van der Waals surface area contributed by atoms with Gasteiger partial charge in [0, 0.05) is 12.7 Å². The molecule has 0 saturated heterocycles. The summed E-state index contributed by atoms with van der Waals surface area (Å²) in [7, 11) is 1.58. The van der Waals surface area contributed by atoms with Crippen LogP contribution >= 0.6 is 0 Å². The van der Waals surface area contributed by atoms with Gasteiger partial charge in [0.15, 0.2) is 0 Å². The standard InChI is InChI=1S/C18H28N2O3/c1-4-13-23-18(11-7-5-6-8-12-18)17(21)20-15-9-10-16(22-3)19-14(15)2/h9-10H,4-8,11-13H2,1-3H3,(H,20,21). The highest BCUT2D eigenvalue weighted by atomic mass is 16.5. The smallest absolute Gasteiger partial charge is 0.256 e. The third-order valence-corrected chi connectivity index (χ3v) is 4.43. The van der Waals surface area contributed by atoms with Crippen LogP contribution in [0.25, 0.3) is 0 Å². The van der Waals surface area contributed by atoms with E-state index in [0.717, 1.165) is 43.5 Å². The van der Waals surface area contributed by atoms with Crippen LogP contribution in [0.3, 0.4) is 0 Å². The van der Waals surface area contributed by atoms with Gasteiger partial charge in [-0.25, -0.2) is 4.98 Å². The van der Waals surface area contributed by atoms with Gasteiger partial charge in [-0.3, -0.25) is 4.79 Å². The van der Waals surface area contributed by atoms with Gasteiger partial charge in [0.1, 0.15) is 5.60 Å². The fraction of sp³-hybridized carbons (Fsp3) is 0.667. The van der Waals surface area contributed by atoms with Crippen LogP contribution in [0.5, 0.6) is 5.88 Å². The lowest BCUT2D eigenvalue weighted by atomic mass is 9.92. The maximum absolute atomic E-state index is 13.0. The number of hydrogen-bond acceptors (Lipinski definition) is 4. The Morgan fingerprint density at radius 3 is 2.52 bits per heavy atom. The van der Waals surface area contributed by atoms with E-state index in [1.54, 1.807) is 13.2 Å². The molecule has 1 aliphatic carbocycles. The van der Waals surface area contributed by atoms with Gasteiger partial charge in [-0.05, 0) is 32.3 Å². The lowest BCUT2D eigenvalue weighted by molar-refractivity contribution is -0.143. The summed E-state index contributed by atoms with van der Waals surface area (Å²) in [6.45, 7) is 4.55. The van der Waals surface area contributed by atoms with Crippen molar-refractivity contribution in [3.8, 4) is 5.88 Å². The number of amides is 1. The molecule has 0 spiro atoms. The molecule has 1 fully saturated rings. The minimum absolute atomic E-state index is 0.0390. The average molecular weight is 320 g/mol. The van der Waals surface area contributed by atoms with Crippen LogP contribution in [0.2, 0.25) is 0 Å². The molecule has 1 aliphatic rings. The number of ether oxygens (including phenoxy) is 2. The number of carbonyl (C=O) groups excluding carboxylic acids is 1. The van der Waals surface area contributed by atoms with Crippen LogP contribution in [0, 0.1) is 6.92 Å². The molecule has 0 unspecified atom stereocenters. The van der Waals surface area contributed by atoms with Crippen LogP contribution in [0.15, 0.2) is 12.1 Å². The van der Waals surface area contributed by atoms with E-state index >= 15 is 0 Å². The molecule has 23 heavy (non-hydrogen) atoms. The van der Waals surface area contributed by atoms with Crippen molar-refractivity contribution in [2.24, 2.45) is 0 Å². The highest BCUT2D eigenvalue weighted by Crippen LogP contribution is 2.32. The Hall–Kier alpha value is -1.62. The highest BCUT2D eigenvalue weighted by Gasteiger charge is 2.39. The molecule has 1 amide bonds. The number of methoxy groups -OCH3 is 1. The van der Waals surface area contributed by atoms with E-state index in [4.69, 9.17) is 9.47 Å². The van der Waals surface area contributed by atoms with E-state index in [-0.39, 0.29) is 5.91 Å². The van der Waals surface area contributed by atoms with Crippen LogP contribution in [-0.4, -0.2) is 30.2 Å². The van der Waals surface area contributed by atoms with E-state index in [1.165, 1.54) is 12.8 Å². The summed E-state index contributed by atoms with van der Waals surface area (Å²) in [6, 6.07) is 3.60. The molecule has 2 rings (SSSR count). The molecular formula is C18H28N2O3. The second kappa shape index (κ2) is 8.29. The third-order valence-electron chi connectivity index (χ3n) is 4.43. The van der Waals surface area contributed by atoms with Gasteiger partial charge in [0.2, 0.25) is 5.88 Å². The monoisotopic (exact) mass is 320 g/mol. The summed E-state index contributed by atoms with van der Waals surface area (Å²) in [5.41, 5.74) is 0.773. The van der Waals surface area contributed by atoms with Crippen LogP contribution in [-0.2, 0) is 9.53 Å². The molecule has 0 bridgehead atoms. The Bertz CT molecular complexity index is 523. The highest BCUT2D eigenvalue weighted by molar-refractivity contribution is 5.97. The first-order valence-corrected chi connectivity index (χ1v) is 8.58. The molecule has 1 aromatic rings. The number of carbonyl (C=O) groups is 1. The van der Waals surface area contributed by atoms with Crippen molar-refractivity contribution < 1.29 is 14.3 Å². The van der Waals surface area contributed by atoms with Crippen molar-refractivity contribution in [2.45, 2.75) is 64.4 Å². The van der Waals surface area contributed by atoms with E-state index in [1.807, 2.05) is 13.0 Å². The second-order valence-corrected chi connectivity index (χ2v) is 6.20. The zero-order chi connectivity index (χ0) is 16.7. The summed E-state index contributed by atoms with van der Waals surface area (Å²) in [5.74, 6) is 0.509. The number of pyridine rings is 1. The Morgan fingerprint density at radius 1 is 1.26 bits per heavy atom. The molecule has 1 N–H and O–H groups in total. The first-order valence-electron chi connectivity index (χ1n) is 8.58. The summed E-state index contributed by atoms with van der Waals surface area (Å²) < 4.78 is 11.2. The predicted molar refractivity (Wildman–Crippen MR) is 90.8 cm³/mol. The van der Waals surface area contributed by atoms with Crippen molar-refractivity contribution in [3.05, 3.63) is 17.8 Å². The molecule has 0 radical (unpaired) electrons. The summed E-state index contributed by atoms with van der Waals surface area (Å²) in [5, 5.41) is 3.03. The number of aryl methyl sites for hydroxylation is 1. The van der Waals surface area contributed by atoms with Crippen molar-refractivity contribution in [1.29, 1.82) is 0 Å². The zero-order valence-corrected chi connectivity index (χ0v) is 14.5. The van der Waals surface area contributed by atoms with Crippen molar-refractivity contribution in [3.63, 3.8) is 0 Å². The van der Waals surface area contributed by atoms with E-state index in [9.17, 15) is 4.79 Å². The third kappa shape index (κ3) is 4.44. The van der Waals surface area contributed by atoms with Crippen LogP contribution in [0.4, 0.5) is 5.69 Å². The minimum atomic E-state index is -0.696. The largest absolute Gasteiger partial charge is 0.481 e. The Kier molecular flexibility index (Phi) is 6.39. The Labute approximate surface area is 138 Å². The van der Waals surface area contributed by atoms with Crippen molar-refractivity contribution in [2.75, 3.05) is 19.0 Å². The number of nitrogens with one attached hydrogen (secondary N) is 1. The lowest BCUT2D eigenvalue weighted by Gasteiger charge is -2.31. The van der Waals surface area contributed by atoms with E-state index < -0.39 is 5.60 Å². The Balaban J connectivity index is 2.16. The van der Waals surface area contributed by atoms with Crippen molar-refractivity contribution >= 4 is 11.6 Å². The summed E-state index contributed by atoms with van der Waals surface area (Å²) in [6.07, 6.45) is 6.93.